The number of rotatable bonds is 18. The number of hydrogen-bond donors (Lipinski definition) is 0. The van der Waals surface area contributed by atoms with Crippen molar-refractivity contribution in [1.82, 2.24) is 0 Å². The summed E-state index contributed by atoms with van der Waals surface area (Å²) in [6, 6.07) is 24.9. The highest BCUT2D eigenvalue weighted by molar-refractivity contribution is 5.75. The molecule has 0 radical (unpaired) electrons. The molecular weight excluding hydrogens is 548 g/mol. The molecule has 0 saturated carbocycles. The Morgan fingerprint density at radius 2 is 0.953 bits per heavy atom. The van der Waals surface area contributed by atoms with Gasteiger partial charge in [-0.25, -0.2) is 0 Å². The molecule has 0 amide bonds. The summed E-state index contributed by atoms with van der Waals surface area (Å²) in [5, 5.41) is 0. The number of benzene rings is 3. The number of carbonyl (C=O) groups is 4. The fourth-order valence-electron chi connectivity index (χ4n) is 4.24. The van der Waals surface area contributed by atoms with Crippen molar-refractivity contribution in [2.24, 2.45) is 0 Å². The topological polar surface area (TPSA) is 105 Å². The van der Waals surface area contributed by atoms with Crippen molar-refractivity contribution < 1.29 is 38.1 Å². The highest BCUT2D eigenvalue weighted by Crippen LogP contribution is 2.14. The number of aryl methyl sites for hydroxylation is 3. The van der Waals surface area contributed by atoms with E-state index in [9.17, 15) is 19.2 Å². The van der Waals surface area contributed by atoms with Gasteiger partial charge in [0.25, 0.3) is 0 Å². The quantitative estimate of drug-likeness (QED) is 0.112. The Labute approximate surface area is 253 Å². The van der Waals surface area contributed by atoms with Crippen LogP contribution < -0.4 is 0 Å². The number of esters is 4. The predicted octanol–water partition coefficient (Wildman–Crippen LogP) is 5.30. The lowest BCUT2D eigenvalue weighted by molar-refractivity contribution is -0.147. The fourth-order valence-corrected chi connectivity index (χ4v) is 4.24. The number of hydrogen-bond acceptors (Lipinski definition) is 8. The smallest absolute Gasteiger partial charge is 0.310 e. The van der Waals surface area contributed by atoms with Crippen molar-refractivity contribution in [2.45, 2.75) is 58.3 Å². The lowest BCUT2D eigenvalue weighted by Crippen LogP contribution is -2.14. The second-order valence-electron chi connectivity index (χ2n) is 10.2. The summed E-state index contributed by atoms with van der Waals surface area (Å²) in [5.41, 5.74) is 4.57. The Hall–Kier alpha value is -4.46. The zero-order valence-corrected chi connectivity index (χ0v) is 24.8. The molecule has 0 atom stereocenters. The van der Waals surface area contributed by atoms with Gasteiger partial charge in [-0.05, 0) is 47.6 Å². The van der Waals surface area contributed by atoms with Gasteiger partial charge in [0.1, 0.15) is 0 Å². The summed E-state index contributed by atoms with van der Waals surface area (Å²) >= 11 is 0. The molecule has 0 aliphatic heterocycles. The van der Waals surface area contributed by atoms with Crippen LogP contribution in [0.25, 0.3) is 0 Å². The second kappa shape index (κ2) is 18.9. The Kier molecular flexibility index (Phi) is 14.5. The SMILES string of the molecule is Cc1ccc(CC(=O)OCCCOC(=O)CCc2ccccc2)cc1CC(=O)OCCCOC(=O)CCc1ccccc1. The average molecular weight is 589 g/mol. The van der Waals surface area contributed by atoms with Crippen LogP contribution >= 0.6 is 0 Å². The van der Waals surface area contributed by atoms with Crippen LogP contribution in [0.2, 0.25) is 0 Å². The van der Waals surface area contributed by atoms with E-state index in [4.69, 9.17) is 18.9 Å². The lowest BCUT2D eigenvalue weighted by atomic mass is 10.0. The van der Waals surface area contributed by atoms with Gasteiger partial charge in [0.05, 0.1) is 39.3 Å². The maximum atomic E-state index is 12.4. The third-order valence-corrected chi connectivity index (χ3v) is 6.65. The van der Waals surface area contributed by atoms with E-state index in [2.05, 4.69) is 0 Å². The summed E-state index contributed by atoms with van der Waals surface area (Å²) in [7, 11) is 0. The highest BCUT2D eigenvalue weighted by Gasteiger charge is 2.12. The van der Waals surface area contributed by atoms with Gasteiger partial charge in [0, 0.05) is 25.7 Å². The molecule has 0 saturated heterocycles. The van der Waals surface area contributed by atoms with Gasteiger partial charge >= 0.3 is 23.9 Å². The van der Waals surface area contributed by atoms with Gasteiger partial charge in [-0.2, -0.15) is 0 Å². The molecule has 3 aromatic rings. The lowest BCUT2D eigenvalue weighted by Gasteiger charge is -2.10. The largest absolute Gasteiger partial charge is 0.466 e. The molecule has 0 fully saturated rings. The third kappa shape index (κ3) is 13.8. The van der Waals surface area contributed by atoms with E-state index in [1.165, 1.54) is 0 Å². The molecule has 0 bridgehead atoms. The molecule has 0 aromatic heterocycles. The minimum Gasteiger partial charge on any atom is -0.466 e. The molecule has 0 spiro atoms. The van der Waals surface area contributed by atoms with Crippen molar-refractivity contribution in [3.63, 3.8) is 0 Å². The predicted molar refractivity (Wildman–Crippen MR) is 161 cm³/mol. The molecule has 0 aliphatic rings. The van der Waals surface area contributed by atoms with Crippen molar-refractivity contribution in [3.8, 4) is 0 Å². The van der Waals surface area contributed by atoms with Crippen LogP contribution in [0.5, 0.6) is 0 Å². The standard InChI is InChI=1S/C35H40O8/c1-27-14-15-30(25-34(38)42-22-8-20-40-32(36)18-16-28-10-4-2-5-11-28)24-31(27)26-35(39)43-23-9-21-41-33(37)19-17-29-12-6-3-7-13-29/h2-7,10-15,24H,8-9,16-23,25-26H2,1H3. The maximum Gasteiger partial charge on any atom is 0.310 e. The van der Waals surface area contributed by atoms with E-state index in [1.54, 1.807) is 6.07 Å². The molecule has 228 valence electrons. The summed E-state index contributed by atoms with van der Waals surface area (Å²) in [6.07, 6.45) is 2.82. The van der Waals surface area contributed by atoms with Gasteiger partial charge in [0.2, 0.25) is 0 Å². The van der Waals surface area contributed by atoms with Crippen LogP contribution in [0.1, 0.15) is 53.5 Å². The molecular formula is C35H40O8. The molecule has 0 aliphatic carbocycles. The fraction of sp³-hybridized carbons (Fsp3) is 0.371. The summed E-state index contributed by atoms with van der Waals surface area (Å²) in [5.74, 6) is -1.35. The summed E-state index contributed by atoms with van der Waals surface area (Å²) in [4.78, 5) is 48.4. The van der Waals surface area contributed by atoms with E-state index >= 15 is 0 Å². The van der Waals surface area contributed by atoms with E-state index in [-0.39, 0.29) is 51.2 Å². The average Bonchev–Trinajstić information content (AvgIpc) is 3.01. The maximum absolute atomic E-state index is 12.4. The van der Waals surface area contributed by atoms with Gasteiger partial charge < -0.3 is 18.9 Å². The first kappa shape index (κ1) is 33.0. The van der Waals surface area contributed by atoms with Gasteiger partial charge in [0.15, 0.2) is 0 Å². The zero-order valence-electron chi connectivity index (χ0n) is 24.8. The minimum absolute atomic E-state index is 0.0643. The van der Waals surface area contributed by atoms with Gasteiger partial charge in [-0.3, -0.25) is 19.2 Å². The highest BCUT2D eigenvalue weighted by atomic mass is 16.6. The molecule has 0 unspecified atom stereocenters. The minimum atomic E-state index is -0.397. The van der Waals surface area contributed by atoms with Gasteiger partial charge in [-0.1, -0.05) is 78.9 Å². The van der Waals surface area contributed by atoms with Crippen LogP contribution in [0.15, 0.2) is 78.9 Å². The Bertz CT molecular complexity index is 1300. The van der Waals surface area contributed by atoms with E-state index in [0.717, 1.165) is 27.8 Å². The molecule has 8 nitrogen and oxygen atoms in total. The van der Waals surface area contributed by atoms with Crippen molar-refractivity contribution in [2.75, 3.05) is 26.4 Å². The molecule has 3 aromatic carbocycles. The van der Waals surface area contributed by atoms with E-state index in [0.29, 0.717) is 38.5 Å². The first-order valence-electron chi connectivity index (χ1n) is 14.7. The normalized spacial score (nSPS) is 10.5. The first-order valence-corrected chi connectivity index (χ1v) is 14.7. The number of carbonyl (C=O) groups excluding carboxylic acids is 4. The van der Waals surface area contributed by atoms with Crippen molar-refractivity contribution >= 4 is 23.9 Å². The monoisotopic (exact) mass is 588 g/mol. The van der Waals surface area contributed by atoms with Crippen LogP contribution in [-0.4, -0.2) is 50.3 Å². The van der Waals surface area contributed by atoms with Crippen molar-refractivity contribution in [1.29, 1.82) is 0 Å². The Balaban J connectivity index is 1.25. The van der Waals surface area contributed by atoms with Crippen LogP contribution in [0.3, 0.4) is 0 Å². The Morgan fingerprint density at radius 3 is 1.44 bits per heavy atom. The molecule has 0 heterocycles. The van der Waals surface area contributed by atoms with Crippen LogP contribution in [0, 0.1) is 6.92 Å². The number of ether oxygens (including phenoxy) is 4. The Morgan fingerprint density at radius 1 is 0.512 bits per heavy atom. The van der Waals surface area contributed by atoms with Gasteiger partial charge in [-0.15, -0.1) is 0 Å². The van der Waals surface area contributed by atoms with Crippen LogP contribution in [-0.2, 0) is 63.8 Å². The first-order chi connectivity index (χ1) is 20.9. The molecule has 0 N–H and O–H groups in total. The zero-order chi connectivity index (χ0) is 30.7. The second-order valence-corrected chi connectivity index (χ2v) is 10.2. The van der Waals surface area contributed by atoms with Crippen molar-refractivity contribution in [3.05, 3.63) is 107 Å². The van der Waals surface area contributed by atoms with E-state index < -0.39 is 11.9 Å². The molecule has 3 rings (SSSR count). The third-order valence-electron chi connectivity index (χ3n) is 6.65. The summed E-state index contributed by atoms with van der Waals surface area (Å²) < 4.78 is 21.0. The van der Waals surface area contributed by atoms with Crippen LogP contribution in [0.4, 0.5) is 0 Å². The molecule has 43 heavy (non-hydrogen) atoms. The summed E-state index contributed by atoms with van der Waals surface area (Å²) in [6.45, 7) is 2.57. The molecule has 8 heteroatoms. The van der Waals surface area contributed by atoms with E-state index in [1.807, 2.05) is 79.7 Å².